The van der Waals surface area contributed by atoms with Gasteiger partial charge in [-0.05, 0) is 49.2 Å². The van der Waals surface area contributed by atoms with E-state index in [1.807, 2.05) is 56.3 Å². The van der Waals surface area contributed by atoms with Gasteiger partial charge in [-0.1, -0.05) is 18.2 Å². The number of rotatable bonds is 4. The van der Waals surface area contributed by atoms with E-state index in [0.717, 1.165) is 44.5 Å². The SMILES string of the molecule is CNc1ncc(-c2ccc3ncc4c(c3c2)N(c2ccc(C(C)(C)C#N)cc2)C(=O)C4)cn1. The van der Waals surface area contributed by atoms with Crippen LogP contribution >= 0.6 is 0 Å². The summed E-state index contributed by atoms with van der Waals surface area (Å²) in [6.45, 7) is 3.76. The first-order valence-corrected chi connectivity index (χ1v) is 10.7. The molecule has 1 aliphatic heterocycles. The van der Waals surface area contributed by atoms with Crippen LogP contribution in [0.25, 0.3) is 22.0 Å². The third-order valence-corrected chi connectivity index (χ3v) is 6.07. The Labute approximate surface area is 191 Å². The van der Waals surface area contributed by atoms with Gasteiger partial charge in [0.2, 0.25) is 11.9 Å². The van der Waals surface area contributed by atoms with Crippen molar-refractivity contribution in [3.8, 4) is 17.2 Å². The van der Waals surface area contributed by atoms with Gasteiger partial charge in [0.1, 0.15) is 0 Å². The maximum absolute atomic E-state index is 13.1. The molecule has 1 aliphatic rings. The number of hydrogen-bond donors (Lipinski definition) is 1. The van der Waals surface area contributed by atoms with Gasteiger partial charge < -0.3 is 5.32 Å². The fraction of sp³-hybridized carbons (Fsp3) is 0.192. The summed E-state index contributed by atoms with van der Waals surface area (Å²) in [6.07, 6.45) is 5.63. The van der Waals surface area contributed by atoms with E-state index in [1.54, 1.807) is 30.5 Å². The maximum Gasteiger partial charge on any atom is 0.236 e. The highest BCUT2D eigenvalue weighted by Crippen LogP contribution is 2.41. The lowest BCUT2D eigenvalue weighted by Gasteiger charge is -2.21. The van der Waals surface area contributed by atoms with Crippen molar-refractivity contribution in [1.29, 1.82) is 5.26 Å². The van der Waals surface area contributed by atoms with Gasteiger partial charge in [-0.15, -0.1) is 0 Å². The van der Waals surface area contributed by atoms with Crippen molar-refractivity contribution in [3.63, 3.8) is 0 Å². The summed E-state index contributed by atoms with van der Waals surface area (Å²) in [5.41, 5.74) is 5.48. The van der Waals surface area contributed by atoms with E-state index in [2.05, 4.69) is 26.3 Å². The molecule has 5 rings (SSSR count). The zero-order valence-corrected chi connectivity index (χ0v) is 18.6. The van der Waals surface area contributed by atoms with Crippen LogP contribution in [0.1, 0.15) is 25.0 Å². The van der Waals surface area contributed by atoms with Gasteiger partial charge in [0.15, 0.2) is 0 Å². The van der Waals surface area contributed by atoms with Crippen molar-refractivity contribution >= 4 is 34.1 Å². The van der Waals surface area contributed by atoms with Crippen LogP contribution in [0, 0.1) is 11.3 Å². The monoisotopic (exact) mass is 434 g/mol. The first-order valence-electron chi connectivity index (χ1n) is 10.7. The highest BCUT2D eigenvalue weighted by Gasteiger charge is 2.31. The molecule has 0 fully saturated rings. The van der Waals surface area contributed by atoms with Crippen LogP contribution in [0.15, 0.2) is 61.1 Å². The fourth-order valence-electron chi connectivity index (χ4n) is 4.13. The van der Waals surface area contributed by atoms with Gasteiger partial charge in [-0.3, -0.25) is 14.7 Å². The zero-order chi connectivity index (χ0) is 23.2. The number of anilines is 3. The molecule has 0 aliphatic carbocycles. The molecular formula is C26H22N6O. The zero-order valence-electron chi connectivity index (χ0n) is 18.6. The summed E-state index contributed by atoms with van der Waals surface area (Å²) in [5, 5.41) is 13.3. The average Bonchev–Trinajstić information content (AvgIpc) is 3.20. The second kappa shape index (κ2) is 7.68. The number of amides is 1. The van der Waals surface area contributed by atoms with Crippen molar-refractivity contribution in [1.82, 2.24) is 15.0 Å². The van der Waals surface area contributed by atoms with Gasteiger partial charge >= 0.3 is 0 Å². The van der Waals surface area contributed by atoms with E-state index in [4.69, 9.17) is 0 Å². The molecule has 7 heteroatoms. The topological polar surface area (TPSA) is 94.8 Å². The number of fused-ring (bicyclic) bond motifs is 3. The summed E-state index contributed by atoms with van der Waals surface area (Å²) in [4.78, 5) is 28.0. The van der Waals surface area contributed by atoms with Crippen LogP contribution < -0.4 is 10.2 Å². The number of nitriles is 1. The molecule has 1 N–H and O–H groups in total. The molecule has 0 saturated heterocycles. The molecule has 0 bridgehead atoms. The normalized spacial score (nSPS) is 13.2. The van der Waals surface area contributed by atoms with E-state index in [0.29, 0.717) is 12.4 Å². The second-order valence-electron chi connectivity index (χ2n) is 8.60. The third-order valence-electron chi connectivity index (χ3n) is 6.07. The summed E-state index contributed by atoms with van der Waals surface area (Å²) in [7, 11) is 1.78. The van der Waals surface area contributed by atoms with Crippen LogP contribution in [-0.2, 0) is 16.6 Å². The number of benzene rings is 2. The number of carbonyl (C=O) groups excluding carboxylic acids is 1. The molecule has 0 radical (unpaired) electrons. The van der Waals surface area contributed by atoms with Crippen LogP contribution in [0.3, 0.4) is 0 Å². The number of nitrogens with zero attached hydrogens (tertiary/aromatic N) is 5. The Kier molecular flexibility index (Phi) is 4.79. The number of aromatic nitrogens is 3. The van der Waals surface area contributed by atoms with Crippen molar-refractivity contribution in [2.24, 2.45) is 0 Å². The summed E-state index contributed by atoms with van der Waals surface area (Å²) in [6, 6.07) is 15.9. The summed E-state index contributed by atoms with van der Waals surface area (Å²) >= 11 is 0. The lowest BCUT2D eigenvalue weighted by atomic mass is 9.86. The molecule has 2 aromatic carbocycles. The molecule has 0 atom stereocenters. The predicted octanol–water partition coefficient (Wildman–Crippen LogP) is 4.76. The smallest absolute Gasteiger partial charge is 0.236 e. The number of carbonyl (C=O) groups is 1. The fourth-order valence-corrected chi connectivity index (χ4v) is 4.13. The minimum Gasteiger partial charge on any atom is -0.357 e. The van der Waals surface area contributed by atoms with Gasteiger partial charge in [0.25, 0.3) is 0 Å². The standard InChI is InChI=1S/C26H22N6O/c1-26(2,15-27)19-5-7-20(8-6-19)32-23(33)11-17-12-29-22-9-4-16(10-21(22)24(17)32)18-13-30-25(28-3)31-14-18/h4-10,12-14H,11H2,1-3H3,(H,28,30,31). The molecule has 162 valence electrons. The number of nitrogens with one attached hydrogen (secondary N) is 1. The Morgan fingerprint density at radius 1 is 1.00 bits per heavy atom. The maximum atomic E-state index is 13.1. The van der Waals surface area contributed by atoms with E-state index in [1.165, 1.54) is 0 Å². The van der Waals surface area contributed by atoms with Crippen molar-refractivity contribution in [2.75, 3.05) is 17.3 Å². The molecule has 0 unspecified atom stereocenters. The minimum absolute atomic E-state index is 0.00120. The third kappa shape index (κ3) is 3.46. The summed E-state index contributed by atoms with van der Waals surface area (Å²) in [5.74, 6) is 0.556. The molecule has 1 amide bonds. The van der Waals surface area contributed by atoms with E-state index in [-0.39, 0.29) is 5.91 Å². The van der Waals surface area contributed by atoms with Gasteiger partial charge in [-0.25, -0.2) is 9.97 Å². The Bertz CT molecular complexity index is 1420. The van der Waals surface area contributed by atoms with Crippen LogP contribution in [-0.4, -0.2) is 27.9 Å². The van der Waals surface area contributed by atoms with Crippen molar-refractivity contribution in [2.45, 2.75) is 25.7 Å². The van der Waals surface area contributed by atoms with E-state index < -0.39 is 5.41 Å². The highest BCUT2D eigenvalue weighted by atomic mass is 16.2. The molecular weight excluding hydrogens is 412 g/mol. The Morgan fingerprint density at radius 2 is 1.73 bits per heavy atom. The molecule has 0 spiro atoms. The number of pyridine rings is 1. The molecule has 3 heterocycles. The van der Waals surface area contributed by atoms with E-state index >= 15 is 0 Å². The number of hydrogen-bond acceptors (Lipinski definition) is 6. The van der Waals surface area contributed by atoms with Crippen molar-refractivity contribution < 1.29 is 4.79 Å². The molecule has 4 aromatic rings. The van der Waals surface area contributed by atoms with Crippen LogP contribution in [0.4, 0.5) is 17.3 Å². The van der Waals surface area contributed by atoms with Gasteiger partial charge in [0.05, 0.1) is 29.1 Å². The van der Waals surface area contributed by atoms with Gasteiger partial charge in [-0.2, -0.15) is 5.26 Å². The Hall–Kier alpha value is -4.31. The summed E-state index contributed by atoms with van der Waals surface area (Å²) < 4.78 is 0. The minimum atomic E-state index is -0.595. The van der Waals surface area contributed by atoms with Crippen LogP contribution in [0.2, 0.25) is 0 Å². The Morgan fingerprint density at radius 3 is 2.39 bits per heavy atom. The molecule has 33 heavy (non-hydrogen) atoms. The largest absolute Gasteiger partial charge is 0.357 e. The van der Waals surface area contributed by atoms with Crippen molar-refractivity contribution in [3.05, 3.63) is 72.2 Å². The molecule has 0 saturated carbocycles. The Balaban J connectivity index is 1.62. The molecule has 2 aromatic heterocycles. The second-order valence-corrected chi connectivity index (χ2v) is 8.60. The highest BCUT2D eigenvalue weighted by molar-refractivity contribution is 6.14. The van der Waals surface area contributed by atoms with Crippen LogP contribution in [0.5, 0.6) is 0 Å². The average molecular weight is 435 g/mol. The van der Waals surface area contributed by atoms with Gasteiger partial charge in [0, 0.05) is 47.8 Å². The first-order chi connectivity index (χ1) is 15.9. The van der Waals surface area contributed by atoms with E-state index in [9.17, 15) is 10.1 Å². The first kappa shape index (κ1) is 20.6. The molecule has 7 nitrogen and oxygen atoms in total. The predicted molar refractivity (Wildman–Crippen MR) is 128 cm³/mol. The lowest BCUT2D eigenvalue weighted by Crippen LogP contribution is -2.21. The lowest BCUT2D eigenvalue weighted by molar-refractivity contribution is -0.116. The quantitative estimate of drug-likeness (QED) is 0.498.